The van der Waals surface area contributed by atoms with E-state index in [4.69, 9.17) is 0 Å². The summed E-state index contributed by atoms with van der Waals surface area (Å²) in [5.41, 5.74) is 2.03. The van der Waals surface area contributed by atoms with Crippen LogP contribution >= 0.6 is 0 Å². The van der Waals surface area contributed by atoms with Gasteiger partial charge in [0.25, 0.3) is 0 Å². The van der Waals surface area contributed by atoms with Crippen molar-refractivity contribution in [2.24, 2.45) is 0 Å². The van der Waals surface area contributed by atoms with E-state index in [1.807, 2.05) is 14.1 Å². The summed E-state index contributed by atoms with van der Waals surface area (Å²) in [7, 11) is 4.09. The van der Waals surface area contributed by atoms with Crippen molar-refractivity contribution < 1.29 is 5.11 Å². The van der Waals surface area contributed by atoms with Crippen molar-refractivity contribution in [3.8, 4) is 0 Å². The van der Waals surface area contributed by atoms with Crippen LogP contribution in [0.4, 0.5) is 5.69 Å². The zero-order valence-corrected chi connectivity index (χ0v) is 11.6. The van der Waals surface area contributed by atoms with Crippen molar-refractivity contribution in [2.45, 2.75) is 37.8 Å². The molecule has 1 aliphatic rings. The number of nitrogens with zero attached hydrogens (tertiary/aromatic N) is 1. The average molecular weight is 248 g/mol. The maximum absolute atomic E-state index is 10.1. The van der Waals surface area contributed by atoms with E-state index in [0.717, 1.165) is 19.3 Å². The van der Waals surface area contributed by atoms with Crippen LogP contribution in [0.1, 0.15) is 37.8 Å². The quantitative estimate of drug-likeness (QED) is 0.839. The van der Waals surface area contributed by atoms with Crippen molar-refractivity contribution in [3.05, 3.63) is 29.8 Å². The summed E-state index contributed by atoms with van der Waals surface area (Å²) in [5, 5.41) is 13.5. The standard InChI is InChI=1S/C15H24N2O/c1-12(16-11-15(18)9-4-10-15)13-5-7-14(8-6-13)17(2)3/h5-8,12,16,18H,4,9-11H2,1-3H3. The van der Waals surface area contributed by atoms with Crippen molar-refractivity contribution >= 4 is 5.69 Å². The van der Waals surface area contributed by atoms with Crippen molar-refractivity contribution in [3.63, 3.8) is 0 Å². The first-order valence-electron chi connectivity index (χ1n) is 6.73. The van der Waals surface area contributed by atoms with Gasteiger partial charge in [0, 0.05) is 32.4 Å². The topological polar surface area (TPSA) is 35.5 Å². The molecule has 0 aromatic heterocycles. The first kappa shape index (κ1) is 13.4. The lowest BCUT2D eigenvalue weighted by molar-refractivity contribution is -0.0329. The summed E-state index contributed by atoms with van der Waals surface area (Å²) in [6.07, 6.45) is 3.03. The Balaban J connectivity index is 1.90. The largest absolute Gasteiger partial charge is 0.389 e. The Bertz CT molecular complexity index is 382. The second kappa shape index (κ2) is 5.29. The number of nitrogens with one attached hydrogen (secondary N) is 1. The fourth-order valence-corrected chi connectivity index (χ4v) is 2.28. The molecule has 1 atom stereocenters. The maximum Gasteiger partial charge on any atom is 0.0771 e. The zero-order chi connectivity index (χ0) is 13.2. The molecule has 1 aromatic carbocycles. The zero-order valence-electron chi connectivity index (χ0n) is 11.6. The lowest BCUT2D eigenvalue weighted by Crippen LogP contribution is -2.46. The molecule has 0 spiro atoms. The van der Waals surface area contributed by atoms with Gasteiger partial charge < -0.3 is 15.3 Å². The van der Waals surface area contributed by atoms with Gasteiger partial charge in [0.1, 0.15) is 0 Å². The van der Waals surface area contributed by atoms with Gasteiger partial charge in [0.2, 0.25) is 0 Å². The number of hydrogen-bond donors (Lipinski definition) is 2. The minimum atomic E-state index is -0.447. The van der Waals surface area contributed by atoms with E-state index in [0.29, 0.717) is 6.54 Å². The van der Waals surface area contributed by atoms with Gasteiger partial charge in [0.15, 0.2) is 0 Å². The molecule has 1 unspecified atom stereocenters. The van der Waals surface area contributed by atoms with E-state index in [2.05, 4.69) is 41.4 Å². The van der Waals surface area contributed by atoms with Crippen molar-refractivity contribution in [2.75, 3.05) is 25.5 Å². The lowest BCUT2D eigenvalue weighted by Gasteiger charge is -2.37. The third-order valence-corrected chi connectivity index (χ3v) is 3.93. The summed E-state index contributed by atoms with van der Waals surface area (Å²) in [5.74, 6) is 0. The Morgan fingerprint density at radius 2 is 1.89 bits per heavy atom. The Labute approximate surface area is 110 Å². The molecule has 1 fully saturated rings. The van der Waals surface area contributed by atoms with Crippen molar-refractivity contribution in [1.82, 2.24) is 5.32 Å². The highest BCUT2D eigenvalue weighted by atomic mass is 16.3. The summed E-state index contributed by atoms with van der Waals surface area (Å²) >= 11 is 0. The lowest BCUT2D eigenvalue weighted by atomic mass is 9.80. The Morgan fingerprint density at radius 1 is 1.28 bits per heavy atom. The van der Waals surface area contributed by atoms with Gasteiger partial charge >= 0.3 is 0 Å². The van der Waals surface area contributed by atoms with Gasteiger partial charge in [0.05, 0.1) is 5.60 Å². The summed E-state index contributed by atoms with van der Waals surface area (Å²) < 4.78 is 0. The van der Waals surface area contributed by atoms with Crippen LogP contribution < -0.4 is 10.2 Å². The van der Waals surface area contributed by atoms with E-state index in [9.17, 15) is 5.11 Å². The molecule has 18 heavy (non-hydrogen) atoms. The molecular weight excluding hydrogens is 224 g/mol. The molecule has 3 nitrogen and oxygen atoms in total. The molecule has 0 bridgehead atoms. The summed E-state index contributed by atoms with van der Waals surface area (Å²) in [6.45, 7) is 2.84. The van der Waals surface area contributed by atoms with E-state index in [1.165, 1.54) is 11.3 Å². The van der Waals surface area contributed by atoms with Gasteiger partial charge in [-0.25, -0.2) is 0 Å². The molecule has 1 saturated carbocycles. The molecule has 0 radical (unpaired) electrons. The van der Waals surface area contributed by atoms with E-state index < -0.39 is 5.60 Å². The number of aliphatic hydroxyl groups is 1. The number of benzene rings is 1. The third-order valence-electron chi connectivity index (χ3n) is 3.93. The molecule has 1 aliphatic carbocycles. The molecule has 0 saturated heterocycles. The molecule has 0 aliphatic heterocycles. The van der Waals surface area contributed by atoms with Crippen LogP contribution in [0.15, 0.2) is 24.3 Å². The first-order chi connectivity index (χ1) is 8.50. The summed E-state index contributed by atoms with van der Waals surface area (Å²) in [6, 6.07) is 8.85. The highest BCUT2D eigenvalue weighted by molar-refractivity contribution is 5.46. The Morgan fingerprint density at radius 3 is 2.33 bits per heavy atom. The minimum absolute atomic E-state index is 0.283. The second-order valence-electron chi connectivity index (χ2n) is 5.67. The second-order valence-corrected chi connectivity index (χ2v) is 5.67. The molecule has 2 rings (SSSR count). The van der Waals surface area contributed by atoms with Gasteiger partial charge in [-0.1, -0.05) is 12.1 Å². The summed E-state index contributed by atoms with van der Waals surface area (Å²) in [4.78, 5) is 2.10. The predicted molar refractivity (Wildman–Crippen MR) is 76.0 cm³/mol. The molecular formula is C15H24N2O. The van der Waals surface area contributed by atoms with Gasteiger partial charge in [-0.2, -0.15) is 0 Å². The van der Waals surface area contributed by atoms with E-state index in [1.54, 1.807) is 0 Å². The molecule has 100 valence electrons. The van der Waals surface area contributed by atoms with Gasteiger partial charge in [-0.15, -0.1) is 0 Å². The average Bonchev–Trinajstić information content (AvgIpc) is 2.33. The molecule has 0 amide bonds. The fraction of sp³-hybridized carbons (Fsp3) is 0.600. The Kier molecular flexibility index (Phi) is 3.93. The molecule has 2 N–H and O–H groups in total. The van der Waals surface area contributed by atoms with Crippen LogP contribution in [0.3, 0.4) is 0 Å². The van der Waals surface area contributed by atoms with Gasteiger partial charge in [-0.05, 0) is 43.9 Å². The maximum atomic E-state index is 10.1. The van der Waals surface area contributed by atoms with Crippen LogP contribution in [0.2, 0.25) is 0 Å². The number of hydrogen-bond acceptors (Lipinski definition) is 3. The van der Waals surface area contributed by atoms with Crippen molar-refractivity contribution in [1.29, 1.82) is 0 Å². The van der Waals surface area contributed by atoms with Crippen LogP contribution in [-0.4, -0.2) is 31.3 Å². The predicted octanol–water partition coefficient (Wildman–Crippen LogP) is 2.32. The number of anilines is 1. The smallest absolute Gasteiger partial charge is 0.0771 e. The molecule has 3 heteroatoms. The number of rotatable bonds is 5. The first-order valence-corrected chi connectivity index (χ1v) is 6.73. The van der Waals surface area contributed by atoms with Crippen LogP contribution in [0.5, 0.6) is 0 Å². The van der Waals surface area contributed by atoms with Crippen LogP contribution in [0, 0.1) is 0 Å². The Hall–Kier alpha value is -1.06. The molecule has 1 aromatic rings. The minimum Gasteiger partial charge on any atom is -0.389 e. The molecule has 0 heterocycles. The third kappa shape index (κ3) is 3.03. The monoisotopic (exact) mass is 248 g/mol. The highest BCUT2D eigenvalue weighted by Gasteiger charge is 2.34. The van der Waals surface area contributed by atoms with Crippen LogP contribution in [-0.2, 0) is 0 Å². The fourth-order valence-electron chi connectivity index (χ4n) is 2.28. The van der Waals surface area contributed by atoms with E-state index in [-0.39, 0.29) is 6.04 Å². The van der Waals surface area contributed by atoms with E-state index >= 15 is 0 Å². The SMILES string of the molecule is CC(NCC1(O)CCC1)c1ccc(N(C)C)cc1. The van der Waals surface area contributed by atoms with Crippen LogP contribution in [0.25, 0.3) is 0 Å². The van der Waals surface area contributed by atoms with Gasteiger partial charge in [-0.3, -0.25) is 0 Å². The normalized spacial score (nSPS) is 19.1. The highest BCUT2D eigenvalue weighted by Crippen LogP contribution is 2.31.